The Kier molecular flexibility index (Phi) is 4.70. The zero-order valence-electron chi connectivity index (χ0n) is 11.5. The number of nitrogens with one attached hydrogen (secondary N) is 1. The number of hydrogen-bond donors (Lipinski definition) is 1. The van der Waals surface area contributed by atoms with Gasteiger partial charge in [-0.2, -0.15) is 5.26 Å². The van der Waals surface area contributed by atoms with Gasteiger partial charge in [0.15, 0.2) is 0 Å². The average molecular weight is 275 g/mol. The quantitative estimate of drug-likeness (QED) is 0.915. The van der Waals surface area contributed by atoms with Crippen LogP contribution in [0.5, 0.6) is 0 Å². The Morgan fingerprint density at radius 2 is 2.20 bits per heavy atom. The molecule has 1 heterocycles. The third-order valence-corrected chi connectivity index (χ3v) is 3.59. The topological polar surface area (TPSA) is 56.1 Å². The van der Waals surface area contributed by atoms with Gasteiger partial charge in [0.2, 0.25) is 5.91 Å². The second-order valence-corrected chi connectivity index (χ2v) is 5.14. The molecule has 1 aromatic carbocycles. The third-order valence-electron chi connectivity index (χ3n) is 3.59. The second-order valence-electron chi connectivity index (χ2n) is 5.14. The van der Waals surface area contributed by atoms with Crippen LogP contribution in [0.2, 0.25) is 0 Å². The molecular formula is C15H18FN3O. The standard InChI is InChI=1S/C15H18FN3O/c1-11(20)18-14-5-7-19(8-6-14)10-13-4-2-3-12(9-17)15(13)16/h2-4,14H,5-8,10H2,1H3,(H,18,20). The van der Waals surface area contributed by atoms with Crippen molar-refractivity contribution in [3.05, 3.63) is 35.1 Å². The number of benzene rings is 1. The largest absolute Gasteiger partial charge is 0.354 e. The number of halogens is 1. The summed E-state index contributed by atoms with van der Waals surface area (Å²) >= 11 is 0. The van der Waals surface area contributed by atoms with Gasteiger partial charge in [0.05, 0.1) is 5.56 Å². The third kappa shape index (κ3) is 3.55. The summed E-state index contributed by atoms with van der Waals surface area (Å²) in [5, 5.41) is 11.7. The molecule has 20 heavy (non-hydrogen) atoms. The van der Waals surface area contributed by atoms with E-state index >= 15 is 0 Å². The first-order valence-corrected chi connectivity index (χ1v) is 6.77. The Bertz CT molecular complexity index is 530. The molecule has 0 unspecified atom stereocenters. The first-order chi connectivity index (χ1) is 9.60. The zero-order valence-corrected chi connectivity index (χ0v) is 11.5. The van der Waals surface area contributed by atoms with Crippen molar-refractivity contribution < 1.29 is 9.18 Å². The Hall–Kier alpha value is -1.93. The fraction of sp³-hybridized carbons (Fsp3) is 0.467. The number of hydrogen-bond acceptors (Lipinski definition) is 3. The average Bonchev–Trinajstić information content (AvgIpc) is 2.43. The van der Waals surface area contributed by atoms with E-state index in [0.717, 1.165) is 25.9 Å². The van der Waals surface area contributed by atoms with Crippen LogP contribution in [0.25, 0.3) is 0 Å². The molecule has 0 aliphatic carbocycles. The maximum absolute atomic E-state index is 14.0. The lowest BCUT2D eigenvalue weighted by Gasteiger charge is -2.32. The van der Waals surface area contributed by atoms with Crippen molar-refractivity contribution in [3.63, 3.8) is 0 Å². The SMILES string of the molecule is CC(=O)NC1CCN(Cc2cccc(C#N)c2F)CC1. The maximum atomic E-state index is 14.0. The smallest absolute Gasteiger partial charge is 0.217 e. The van der Waals surface area contributed by atoms with Crippen molar-refractivity contribution in [2.45, 2.75) is 32.4 Å². The summed E-state index contributed by atoms with van der Waals surface area (Å²) in [6, 6.07) is 7.00. The van der Waals surface area contributed by atoms with E-state index in [4.69, 9.17) is 5.26 Å². The van der Waals surface area contributed by atoms with E-state index in [1.54, 1.807) is 12.1 Å². The molecule has 1 fully saturated rings. The first-order valence-electron chi connectivity index (χ1n) is 6.77. The van der Waals surface area contributed by atoms with Crippen LogP contribution in [0.15, 0.2) is 18.2 Å². The lowest BCUT2D eigenvalue weighted by Crippen LogP contribution is -2.43. The number of nitriles is 1. The van der Waals surface area contributed by atoms with Crippen molar-refractivity contribution in [1.29, 1.82) is 5.26 Å². The van der Waals surface area contributed by atoms with Crippen molar-refractivity contribution in [2.75, 3.05) is 13.1 Å². The maximum Gasteiger partial charge on any atom is 0.217 e. The van der Waals surface area contributed by atoms with Crippen LogP contribution < -0.4 is 5.32 Å². The van der Waals surface area contributed by atoms with E-state index in [0.29, 0.717) is 12.1 Å². The minimum Gasteiger partial charge on any atom is -0.354 e. The minimum absolute atomic E-state index is 0.00350. The monoisotopic (exact) mass is 275 g/mol. The van der Waals surface area contributed by atoms with Gasteiger partial charge in [-0.3, -0.25) is 9.69 Å². The van der Waals surface area contributed by atoms with Crippen molar-refractivity contribution >= 4 is 5.91 Å². The summed E-state index contributed by atoms with van der Waals surface area (Å²) < 4.78 is 14.0. The molecule has 4 nitrogen and oxygen atoms in total. The van der Waals surface area contributed by atoms with Gasteiger partial charge in [-0.15, -0.1) is 0 Å². The summed E-state index contributed by atoms with van der Waals surface area (Å²) in [5.74, 6) is -0.421. The van der Waals surface area contributed by atoms with Gasteiger partial charge in [-0.1, -0.05) is 12.1 Å². The molecule has 0 aromatic heterocycles. The first kappa shape index (κ1) is 14.5. The lowest BCUT2D eigenvalue weighted by atomic mass is 10.0. The second kappa shape index (κ2) is 6.49. The van der Waals surface area contributed by atoms with Crippen molar-refractivity contribution in [3.8, 4) is 6.07 Å². The normalized spacial score (nSPS) is 16.6. The summed E-state index contributed by atoms with van der Waals surface area (Å²) in [6.45, 7) is 3.67. The van der Waals surface area contributed by atoms with E-state index in [9.17, 15) is 9.18 Å². The van der Waals surface area contributed by atoms with E-state index in [1.165, 1.54) is 13.0 Å². The van der Waals surface area contributed by atoms with Gasteiger partial charge >= 0.3 is 0 Å². The highest BCUT2D eigenvalue weighted by atomic mass is 19.1. The number of carbonyl (C=O) groups excluding carboxylic acids is 1. The number of nitrogens with zero attached hydrogens (tertiary/aromatic N) is 2. The fourth-order valence-corrected chi connectivity index (χ4v) is 2.55. The van der Waals surface area contributed by atoms with Gasteiger partial charge < -0.3 is 5.32 Å². The lowest BCUT2D eigenvalue weighted by molar-refractivity contribution is -0.119. The molecule has 0 bridgehead atoms. The summed E-state index contributed by atoms with van der Waals surface area (Å²) in [6.07, 6.45) is 1.75. The number of likely N-dealkylation sites (tertiary alicyclic amines) is 1. The molecule has 1 aliphatic heterocycles. The molecule has 0 spiro atoms. The Morgan fingerprint density at radius 1 is 1.50 bits per heavy atom. The van der Waals surface area contributed by atoms with Crippen LogP contribution in [-0.4, -0.2) is 29.9 Å². The number of piperidine rings is 1. The molecule has 1 N–H and O–H groups in total. The van der Waals surface area contributed by atoms with Gasteiger partial charge in [-0.25, -0.2) is 4.39 Å². The van der Waals surface area contributed by atoms with Crippen LogP contribution in [0.3, 0.4) is 0 Å². The molecule has 1 aromatic rings. The van der Waals surface area contributed by atoms with Gasteiger partial charge in [0.1, 0.15) is 11.9 Å². The van der Waals surface area contributed by atoms with E-state index in [2.05, 4.69) is 10.2 Å². The van der Waals surface area contributed by atoms with Gasteiger partial charge in [0.25, 0.3) is 0 Å². The van der Waals surface area contributed by atoms with Gasteiger partial charge in [-0.05, 0) is 18.9 Å². The number of carbonyl (C=O) groups is 1. The van der Waals surface area contributed by atoms with Crippen molar-refractivity contribution in [2.24, 2.45) is 0 Å². The highest BCUT2D eigenvalue weighted by Gasteiger charge is 2.20. The molecule has 1 aliphatic rings. The molecule has 106 valence electrons. The van der Waals surface area contributed by atoms with E-state index < -0.39 is 5.82 Å². The number of amides is 1. The molecule has 1 amide bonds. The Morgan fingerprint density at radius 3 is 2.80 bits per heavy atom. The highest BCUT2D eigenvalue weighted by Crippen LogP contribution is 2.17. The summed E-state index contributed by atoms with van der Waals surface area (Å²) in [5.41, 5.74) is 0.651. The molecule has 1 saturated heterocycles. The Balaban J connectivity index is 1.93. The van der Waals surface area contributed by atoms with Gasteiger partial charge in [0, 0.05) is 38.2 Å². The molecule has 2 rings (SSSR count). The predicted octanol–water partition coefficient (Wildman–Crippen LogP) is 1.80. The molecule has 0 radical (unpaired) electrons. The molecule has 0 atom stereocenters. The minimum atomic E-state index is -0.418. The van der Waals surface area contributed by atoms with Crippen molar-refractivity contribution in [1.82, 2.24) is 10.2 Å². The zero-order chi connectivity index (χ0) is 14.5. The molecule has 5 heteroatoms. The summed E-state index contributed by atoms with van der Waals surface area (Å²) in [7, 11) is 0. The highest BCUT2D eigenvalue weighted by molar-refractivity contribution is 5.73. The Labute approximate surface area is 118 Å². The van der Waals surface area contributed by atoms with Crippen LogP contribution >= 0.6 is 0 Å². The molecular weight excluding hydrogens is 257 g/mol. The van der Waals surface area contributed by atoms with Crippen LogP contribution in [0.1, 0.15) is 30.9 Å². The van der Waals surface area contributed by atoms with E-state index in [-0.39, 0.29) is 17.5 Å². The molecule has 0 saturated carbocycles. The number of rotatable bonds is 3. The van der Waals surface area contributed by atoms with Crippen LogP contribution in [0.4, 0.5) is 4.39 Å². The summed E-state index contributed by atoms with van der Waals surface area (Å²) in [4.78, 5) is 13.1. The fourth-order valence-electron chi connectivity index (χ4n) is 2.55. The van der Waals surface area contributed by atoms with Crippen LogP contribution in [-0.2, 0) is 11.3 Å². The van der Waals surface area contributed by atoms with E-state index in [1.807, 2.05) is 6.07 Å². The predicted molar refractivity (Wildman–Crippen MR) is 73.2 cm³/mol. The van der Waals surface area contributed by atoms with Crippen LogP contribution in [0, 0.1) is 17.1 Å².